The lowest BCUT2D eigenvalue weighted by atomic mass is 9.89. The highest BCUT2D eigenvalue weighted by molar-refractivity contribution is 6.50. The van der Waals surface area contributed by atoms with E-state index in [0.717, 1.165) is 5.56 Å². The minimum Gasteiger partial charge on any atom is -0.489 e. The van der Waals surface area contributed by atoms with Crippen LogP contribution in [0, 0.1) is 0 Å². The summed E-state index contributed by atoms with van der Waals surface area (Å²) in [6.07, 6.45) is 1.43. The Hall–Kier alpha value is -4.46. The summed E-state index contributed by atoms with van der Waals surface area (Å²) in [4.78, 5) is 50.4. The molecule has 160 valence electrons. The maximum Gasteiger partial charge on any atom is 0.339 e. The molecule has 0 fully saturated rings. The van der Waals surface area contributed by atoms with Crippen molar-refractivity contribution in [1.82, 2.24) is 0 Å². The molecule has 0 amide bonds. The number of carbonyl (C=O) groups is 4. The molecule has 0 radical (unpaired) electrons. The fraction of sp³-hybridized carbons (Fsp3) is 0.200. The number of carboxylic acids is 1. The molecule has 0 unspecified atom stereocenters. The van der Waals surface area contributed by atoms with Gasteiger partial charge in [0.2, 0.25) is 23.1 Å². The lowest BCUT2D eigenvalue weighted by Gasteiger charge is -2.20. The average molecular weight is 426 g/mol. The summed E-state index contributed by atoms with van der Waals surface area (Å²) in [5, 5.41) is 8.89. The number of nitrogens with zero attached hydrogens (tertiary/aromatic N) is 4. The smallest absolute Gasteiger partial charge is 0.339 e. The molecule has 1 N–H and O–H groups in total. The molecule has 0 spiro atoms. The van der Waals surface area contributed by atoms with Crippen molar-refractivity contribution < 1.29 is 43.3 Å². The van der Waals surface area contributed by atoms with Crippen molar-refractivity contribution in [1.29, 1.82) is 0 Å². The van der Waals surface area contributed by atoms with E-state index in [-0.39, 0.29) is 29.3 Å². The molecule has 1 aromatic rings. The summed E-state index contributed by atoms with van der Waals surface area (Å²) in [6.45, 7) is 1.56. The van der Waals surface area contributed by atoms with Gasteiger partial charge in [0, 0.05) is 17.6 Å². The Morgan fingerprint density at radius 2 is 1.45 bits per heavy atom. The molecule has 0 saturated heterocycles. The van der Waals surface area contributed by atoms with Crippen LogP contribution < -0.4 is 0 Å². The Balaban J connectivity index is 0.000000512. The van der Waals surface area contributed by atoms with E-state index in [4.69, 9.17) is 25.6 Å². The first-order valence-electron chi connectivity index (χ1n) is 8.54. The molecule has 0 bridgehead atoms. The van der Waals surface area contributed by atoms with E-state index in [2.05, 4.69) is 9.58 Å². The Labute approximate surface area is 176 Å². The first kappa shape index (κ1) is 24.6. The SMILES string of the molecule is COC1=C(OC)C(=O)C(Cc2ccc(C(=O)O)cc2)=C(C)C1=O.[N-]=[N+]=CC(=O)C=[N+]=[N-]. The van der Waals surface area contributed by atoms with Crippen LogP contribution in [0.15, 0.2) is 46.9 Å². The predicted molar refractivity (Wildman–Crippen MR) is 105 cm³/mol. The Morgan fingerprint density at radius 1 is 0.968 bits per heavy atom. The molecular weight excluding hydrogens is 408 g/mol. The van der Waals surface area contributed by atoms with E-state index in [1.807, 2.05) is 0 Å². The van der Waals surface area contributed by atoms with Gasteiger partial charge < -0.3 is 25.6 Å². The van der Waals surface area contributed by atoms with Crippen LogP contribution in [-0.2, 0) is 30.3 Å². The third kappa shape index (κ3) is 6.26. The molecule has 0 atom stereocenters. The zero-order valence-electron chi connectivity index (χ0n) is 16.9. The molecule has 0 aromatic heterocycles. The summed E-state index contributed by atoms with van der Waals surface area (Å²) in [6, 6.07) is 6.14. The van der Waals surface area contributed by atoms with Gasteiger partial charge in [-0.3, -0.25) is 14.4 Å². The van der Waals surface area contributed by atoms with Crippen LogP contribution >= 0.6 is 0 Å². The van der Waals surface area contributed by atoms with Gasteiger partial charge in [-0.2, -0.15) is 9.58 Å². The molecule has 1 aliphatic carbocycles. The largest absolute Gasteiger partial charge is 0.489 e. The van der Waals surface area contributed by atoms with E-state index < -0.39 is 17.5 Å². The Kier molecular flexibility index (Phi) is 9.13. The summed E-state index contributed by atoms with van der Waals surface area (Å²) in [5.74, 6) is -2.69. The molecule has 1 aromatic carbocycles. The lowest BCUT2D eigenvalue weighted by molar-refractivity contribution is -0.121. The van der Waals surface area contributed by atoms with Gasteiger partial charge in [0.25, 0.3) is 0 Å². The number of ether oxygens (including phenoxy) is 2. The van der Waals surface area contributed by atoms with E-state index in [9.17, 15) is 19.2 Å². The fourth-order valence-corrected chi connectivity index (χ4v) is 2.52. The maximum absolute atomic E-state index is 12.5. The number of hydrogen-bond donors (Lipinski definition) is 1. The van der Waals surface area contributed by atoms with E-state index in [0.29, 0.717) is 23.6 Å². The molecule has 0 aliphatic heterocycles. The maximum atomic E-state index is 12.5. The summed E-state index contributed by atoms with van der Waals surface area (Å²) in [5.41, 5.74) is 16.8. The van der Waals surface area contributed by atoms with Gasteiger partial charge in [0.05, 0.1) is 19.8 Å². The van der Waals surface area contributed by atoms with Crippen LogP contribution in [-0.4, -0.2) is 64.7 Å². The number of benzene rings is 1. The second-order valence-electron chi connectivity index (χ2n) is 5.90. The highest BCUT2D eigenvalue weighted by atomic mass is 16.5. The number of allylic oxidation sites excluding steroid dienone is 2. The standard InChI is InChI=1S/C17H16O6.C3H2N4O/c1-9-12(8-10-4-6-11(7-5-10)17(20)21)14(19)16(23-3)15(22-2)13(9)18;4-6-1-3(8)2-7-5/h4-7H,8H2,1-3H3,(H,20,21);1-2H. The number of methoxy groups -OCH3 is 2. The van der Waals surface area contributed by atoms with Gasteiger partial charge in [0.1, 0.15) is 0 Å². The molecule has 2 rings (SSSR count). The van der Waals surface area contributed by atoms with Gasteiger partial charge in [-0.1, -0.05) is 12.1 Å². The molecule has 31 heavy (non-hydrogen) atoms. The third-order valence-electron chi connectivity index (χ3n) is 4.05. The second kappa shape index (κ2) is 11.5. The minimum absolute atomic E-state index is 0.0972. The van der Waals surface area contributed by atoms with Gasteiger partial charge >= 0.3 is 24.2 Å². The van der Waals surface area contributed by atoms with Crippen molar-refractivity contribution in [3.05, 3.63) is 69.1 Å². The zero-order valence-corrected chi connectivity index (χ0v) is 16.9. The van der Waals surface area contributed by atoms with Crippen molar-refractivity contribution in [3.8, 4) is 0 Å². The Morgan fingerprint density at radius 3 is 1.87 bits per heavy atom. The Bertz CT molecular complexity index is 1050. The number of carbonyl (C=O) groups excluding carboxylic acids is 3. The van der Waals surface area contributed by atoms with Gasteiger partial charge in [-0.05, 0) is 24.6 Å². The molecule has 0 saturated carbocycles. The molecule has 0 heterocycles. The van der Waals surface area contributed by atoms with Crippen molar-refractivity contribution in [2.75, 3.05) is 14.2 Å². The topological polar surface area (TPSA) is 180 Å². The average Bonchev–Trinajstić information content (AvgIpc) is 2.74. The van der Waals surface area contributed by atoms with E-state index >= 15 is 0 Å². The molecule has 11 nitrogen and oxygen atoms in total. The fourth-order valence-electron chi connectivity index (χ4n) is 2.52. The highest BCUT2D eigenvalue weighted by Crippen LogP contribution is 2.27. The van der Waals surface area contributed by atoms with Crippen molar-refractivity contribution in [2.45, 2.75) is 13.3 Å². The van der Waals surface area contributed by atoms with E-state index in [1.54, 1.807) is 19.1 Å². The van der Waals surface area contributed by atoms with Crippen LogP contribution in [0.4, 0.5) is 0 Å². The third-order valence-corrected chi connectivity index (χ3v) is 4.05. The lowest BCUT2D eigenvalue weighted by Crippen LogP contribution is -2.26. The van der Waals surface area contributed by atoms with Gasteiger partial charge in [-0.25, -0.2) is 4.79 Å². The van der Waals surface area contributed by atoms with Crippen molar-refractivity contribution >= 4 is 35.7 Å². The molecule has 1 aliphatic rings. The normalized spacial score (nSPS) is 12.7. The number of ketones is 3. The molecular formula is C20H18N4O7. The minimum atomic E-state index is -1.02. The second-order valence-corrected chi connectivity index (χ2v) is 5.90. The van der Waals surface area contributed by atoms with Crippen LogP contribution in [0.1, 0.15) is 22.8 Å². The highest BCUT2D eigenvalue weighted by Gasteiger charge is 2.34. The first-order valence-corrected chi connectivity index (χ1v) is 8.54. The van der Waals surface area contributed by atoms with Crippen molar-refractivity contribution in [3.63, 3.8) is 0 Å². The summed E-state index contributed by atoms with van der Waals surface area (Å²) in [7, 11) is 2.61. The van der Waals surface area contributed by atoms with Crippen LogP contribution in [0.5, 0.6) is 0 Å². The van der Waals surface area contributed by atoms with Crippen LogP contribution in [0.25, 0.3) is 11.1 Å². The van der Waals surface area contributed by atoms with Crippen LogP contribution in [0.3, 0.4) is 0 Å². The number of hydrogen-bond acceptors (Lipinski definition) is 6. The van der Waals surface area contributed by atoms with Crippen molar-refractivity contribution in [2.24, 2.45) is 0 Å². The monoisotopic (exact) mass is 426 g/mol. The van der Waals surface area contributed by atoms with Gasteiger partial charge in [0.15, 0.2) is 0 Å². The summed E-state index contributed by atoms with van der Waals surface area (Å²) < 4.78 is 9.99. The molecule has 11 heteroatoms. The number of rotatable bonds is 7. The quantitative estimate of drug-likeness (QED) is 0.293. The predicted octanol–water partition coefficient (Wildman–Crippen LogP) is 1.06. The van der Waals surface area contributed by atoms with Gasteiger partial charge in [-0.15, -0.1) is 0 Å². The number of aromatic carboxylic acids is 1. The zero-order chi connectivity index (χ0) is 23.6. The number of Topliss-reactive ketones (excluding diaryl/α,β-unsaturated/α-hetero) is 3. The van der Waals surface area contributed by atoms with Crippen LogP contribution in [0.2, 0.25) is 0 Å². The number of carboxylic acid groups (broad SMARTS) is 1. The van der Waals surface area contributed by atoms with E-state index in [1.165, 1.54) is 26.4 Å². The first-order chi connectivity index (χ1) is 14.7. The summed E-state index contributed by atoms with van der Waals surface area (Å²) >= 11 is 0.